The van der Waals surface area contributed by atoms with Gasteiger partial charge in [0.05, 0.1) is 10.2 Å². The van der Waals surface area contributed by atoms with Gasteiger partial charge < -0.3 is 15.2 Å². The van der Waals surface area contributed by atoms with E-state index in [1.165, 1.54) is 6.07 Å². The molecule has 0 radical (unpaired) electrons. The smallest absolute Gasteiger partial charge is 0.255 e. The number of para-hydroxylation sites is 2. The highest BCUT2D eigenvalue weighted by Crippen LogP contribution is 2.27. The molecule has 4 nitrogen and oxygen atoms in total. The van der Waals surface area contributed by atoms with Crippen LogP contribution in [0.5, 0.6) is 11.5 Å². The van der Waals surface area contributed by atoms with Gasteiger partial charge >= 0.3 is 0 Å². The van der Waals surface area contributed by atoms with Crippen LogP contribution in [0.15, 0.2) is 59.6 Å². The summed E-state index contributed by atoms with van der Waals surface area (Å²) in [5.41, 5.74) is 0.821. The number of nitrogens with one attached hydrogen (secondary N) is 1. The van der Waals surface area contributed by atoms with Crippen LogP contribution in [0.3, 0.4) is 0 Å². The van der Waals surface area contributed by atoms with E-state index in [1.807, 2.05) is 0 Å². The number of ether oxygens (including phenoxy) is 1. The Hall–Kier alpha value is -2.27. The summed E-state index contributed by atoms with van der Waals surface area (Å²) < 4.78 is 6.10. The molecule has 0 spiro atoms. The number of carbonyl (C=O) groups excluding carboxylic acids is 1. The topological polar surface area (TPSA) is 58.6 Å². The summed E-state index contributed by atoms with van der Waals surface area (Å²) in [6.45, 7) is 3.97. The molecule has 0 atom stereocenters. The number of amides is 1. The first-order valence-electron chi connectivity index (χ1n) is 6.24. The van der Waals surface area contributed by atoms with Crippen LogP contribution in [-0.2, 0) is 0 Å². The zero-order chi connectivity index (χ0) is 15.2. The molecule has 21 heavy (non-hydrogen) atoms. The molecule has 108 valence electrons. The Kier molecular flexibility index (Phi) is 5.00. The van der Waals surface area contributed by atoms with Crippen molar-refractivity contribution in [3.8, 4) is 11.5 Å². The van der Waals surface area contributed by atoms with Crippen LogP contribution in [0.4, 0.5) is 5.69 Å². The molecule has 5 heteroatoms. The van der Waals surface area contributed by atoms with Crippen molar-refractivity contribution in [1.82, 2.24) is 0 Å². The molecule has 2 rings (SSSR count). The second-order valence-electron chi connectivity index (χ2n) is 4.22. The molecule has 0 fully saturated rings. The molecular weight excluding hydrogens is 334 g/mol. The van der Waals surface area contributed by atoms with Gasteiger partial charge in [-0.15, -0.1) is 0 Å². The second-order valence-corrected chi connectivity index (χ2v) is 5.07. The number of anilines is 1. The maximum Gasteiger partial charge on any atom is 0.255 e. The molecule has 0 saturated heterocycles. The normalized spacial score (nSPS) is 9.95. The summed E-state index contributed by atoms with van der Waals surface area (Å²) in [6, 6.07) is 11.6. The largest absolute Gasteiger partial charge is 0.506 e. The Balaban J connectivity index is 2.15. The number of carbonyl (C=O) groups is 1. The lowest BCUT2D eigenvalue weighted by Crippen LogP contribution is -2.12. The van der Waals surface area contributed by atoms with Crippen LogP contribution >= 0.6 is 15.9 Å². The number of aromatic hydroxyl groups is 1. The van der Waals surface area contributed by atoms with Gasteiger partial charge in [0.25, 0.3) is 5.91 Å². The van der Waals surface area contributed by atoms with Gasteiger partial charge in [-0.3, -0.25) is 4.79 Å². The van der Waals surface area contributed by atoms with Crippen molar-refractivity contribution < 1.29 is 14.6 Å². The van der Waals surface area contributed by atoms with Crippen molar-refractivity contribution in [1.29, 1.82) is 0 Å². The summed E-state index contributed by atoms with van der Waals surface area (Å²) in [4.78, 5) is 12.1. The minimum absolute atomic E-state index is 0.0239. The van der Waals surface area contributed by atoms with Gasteiger partial charge in [0, 0.05) is 5.56 Å². The third-order valence-electron chi connectivity index (χ3n) is 2.70. The van der Waals surface area contributed by atoms with Crippen molar-refractivity contribution in [2.24, 2.45) is 0 Å². The van der Waals surface area contributed by atoms with Gasteiger partial charge in [0.1, 0.15) is 18.1 Å². The maximum atomic E-state index is 12.1. The number of phenols is 1. The zero-order valence-electron chi connectivity index (χ0n) is 11.2. The lowest BCUT2D eigenvalue weighted by Gasteiger charge is -2.09. The number of phenolic OH excluding ortho intramolecular Hbond substituents is 1. The second kappa shape index (κ2) is 6.95. The molecule has 0 aliphatic carbocycles. The highest BCUT2D eigenvalue weighted by Gasteiger charge is 2.11. The highest BCUT2D eigenvalue weighted by atomic mass is 79.9. The van der Waals surface area contributed by atoms with E-state index in [9.17, 15) is 9.90 Å². The van der Waals surface area contributed by atoms with E-state index in [4.69, 9.17) is 4.74 Å². The maximum absolute atomic E-state index is 12.1. The average Bonchev–Trinajstić information content (AvgIpc) is 2.48. The van der Waals surface area contributed by atoms with E-state index >= 15 is 0 Å². The Morgan fingerprint density at radius 2 is 2.10 bits per heavy atom. The molecule has 2 aromatic carbocycles. The monoisotopic (exact) mass is 347 g/mol. The Morgan fingerprint density at radius 1 is 1.33 bits per heavy atom. The van der Waals surface area contributed by atoms with E-state index in [0.717, 1.165) is 0 Å². The number of hydrogen-bond acceptors (Lipinski definition) is 3. The van der Waals surface area contributed by atoms with Crippen molar-refractivity contribution in [2.45, 2.75) is 0 Å². The van der Waals surface area contributed by atoms with Crippen LogP contribution in [0, 0.1) is 0 Å². The lowest BCUT2D eigenvalue weighted by molar-refractivity contribution is 0.102. The van der Waals surface area contributed by atoms with Gasteiger partial charge in [-0.25, -0.2) is 0 Å². The predicted molar refractivity (Wildman–Crippen MR) is 85.9 cm³/mol. The average molecular weight is 348 g/mol. The molecule has 0 bridgehead atoms. The van der Waals surface area contributed by atoms with Crippen LogP contribution < -0.4 is 10.1 Å². The fraction of sp³-hybridized carbons (Fsp3) is 0.0625. The fourth-order valence-corrected chi connectivity index (χ4v) is 2.17. The number of halogens is 1. The quantitative estimate of drug-likeness (QED) is 0.635. The summed E-state index contributed by atoms with van der Waals surface area (Å²) >= 11 is 3.36. The standard InChI is InChI=1S/C16H14BrNO3/c1-2-9-21-15-8-7-11(10-12(15)17)16(20)18-13-5-3-4-6-14(13)19/h2-8,10,19H,1,9H2,(H,18,20). The van der Waals surface area contributed by atoms with Crippen LogP contribution in [0.2, 0.25) is 0 Å². The third kappa shape index (κ3) is 3.86. The molecule has 2 N–H and O–H groups in total. The number of hydrogen-bond donors (Lipinski definition) is 2. The minimum atomic E-state index is -0.313. The molecule has 2 aromatic rings. The minimum Gasteiger partial charge on any atom is -0.506 e. The summed E-state index contributed by atoms with van der Waals surface area (Å²) in [5.74, 6) is 0.345. The summed E-state index contributed by atoms with van der Waals surface area (Å²) in [7, 11) is 0. The number of rotatable bonds is 5. The van der Waals surface area contributed by atoms with Crippen LogP contribution in [-0.4, -0.2) is 17.6 Å². The first-order valence-corrected chi connectivity index (χ1v) is 7.03. The van der Waals surface area contributed by atoms with Gasteiger partial charge in [0.15, 0.2) is 0 Å². The molecule has 0 heterocycles. The summed E-state index contributed by atoms with van der Waals surface area (Å²) in [5, 5.41) is 12.3. The number of benzene rings is 2. The third-order valence-corrected chi connectivity index (χ3v) is 3.32. The molecule has 0 aliphatic heterocycles. The predicted octanol–water partition coefficient (Wildman–Crippen LogP) is 3.97. The Labute approximate surface area is 131 Å². The lowest BCUT2D eigenvalue weighted by atomic mass is 10.2. The molecule has 0 unspecified atom stereocenters. The van der Waals surface area contributed by atoms with Gasteiger partial charge in [0.2, 0.25) is 0 Å². The Morgan fingerprint density at radius 3 is 2.76 bits per heavy atom. The van der Waals surface area contributed by atoms with Crippen molar-refractivity contribution in [3.63, 3.8) is 0 Å². The van der Waals surface area contributed by atoms with Crippen LogP contribution in [0.1, 0.15) is 10.4 Å². The first-order chi connectivity index (χ1) is 10.1. The van der Waals surface area contributed by atoms with Crippen LogP contribution in [0.25, 0.3) is 0 Å². The van der Waals surface area contributed by atoms with Gasteiger partial charge in [-0.1, -0.05) is 24.8 Å². The van der Waals surface area contributed by atoms with E-state index in [-0.39, 0.29) is 11.7 Å². The van der Waals surface area contributed by atoms with E-state index in [0.29, 0.717) is 28.1 Å². The highest BCUT2D eigenvalue weighted by molar-refractivity contribution is 9.10. The van der Waals surface area contributed by atoms with Gasteiger partial charge in [-0.2, -0.15) is 0 Å². The Bertz CT molecular complexity index is 670. The molecule has 1 amide bonds. The fourth-order valence-electron chi connectivity index (χ4n) is 1.68. The van der Waals surface area contributed by atoms with Crippen molar-refractivity contribution in [2.75, 3.05) is 11.9 Å². The van der Waals surface area contributed by atoms with E-state index in [2.05, 4.69) is 27.8 Å². The van der Waals surface area contributed by atoms with E-state index in [1.54, 1.807) is 42.5 Å². The molecular formula is C16H14BrNO3. The molecule has 0 aliphatic rings. The first kappa shape index (κ1) is 15.1. The zero-order valence-corrected chi connectivity index (χ0v) is 12.8. The van der Waals surface area contributed by atoms with Crippen molar-refractivity contribution in [3.05, 3.63) is 65.2 Å². The van der Waals surface area contributed by atoms with Crippen molar-refractivity contribution >= 4 is 27.5 Å². The van der Waals surface area contributed by atoms with E-state index < -0.39 is 0 Å². The molecule has 0 saturated carbocycles. The summed E-state index contributed by atoms with van der Waals surface area (Å²) in [6.07, 6.45) is 1.64. The molecule has 0 aromatic heterocycles. The SMILES string of the molecule is C=CCOc1ccc(C(=O)Nc2ccccc2O)cc1Br. The van der Waals surface area contributed by atoms with Gasteiger partial charge in [-0.05, 0) is 46.3 Å².